The number of piperidine rings is 1. The van der Waals surface area contributed by atoms with Crippen LogP contribution in [0.15, 0.2) is 42.5 Å². The van der Waals surface area contributed by atoms with Crippen molar-refractivity contribution >= 4 is 47.0 Å². The van der Waals surface area contributed by atoms with Crippen LogP contribution < -0.4 is 10.6 Å². The van der Waals surface area contributed by atoms with Crippen molar-refractivity contribution in [3.05, 3.63) is 64.7 Å². The van der Waals surface area contributed by atoms with Gasteiger partial charge in [-0.3, -0.25) is 48.7 Å². The Hall–Kier alpha value is -5.11. The van der Waals surface area contributed by atoms with Crippen LogP contribution in [0, 0.1) is 0 Å². The fourth-order valence-electron chi connectivity index (χ4n) is 7.40. The Kier molecular flexibility index (Phi) is 26.8. The molecule has 3 aliphatic heterocycles. The Balaban J connectivity index is 0.680. The van der Waals surface area contributed by atoms with Gasteiger partial charge in [0.05, 0.1) is 173 Å². The summed E-state index contributed by atoms with van der Waals surface area (Å²) < 4.78 is 60.6. The van der Waals surface area contributed by atoms with Crippen molar-refractivity contribution in [2.24, 2.45) is 0 Å². The van der Waals surface area contributed by atoms with E-state index >= 15 is 0 Å². The van der Waals surface area contributed by atoms with Gasteiger partial charge in [-0.05, 0) is 43.5 Å². The number of fused-ring (bicyclic) bond motifs is 2. The quantitative estimate of drug-likeness (QED) is 0.0715. The van der Waals surface area contributed by atoms with Crippen molar-refractivity contribution in [3.63, 3.8) is 0 Å². The number of carbonyl (C=O) groups is 7. The lowest BCUT2D eigenvalue weighted by atomic mass is 10.0. The van der Waals surface area contributed by atoms with Gasteiger partial charge in [-0.1, -0.05) is 24.6 Å². The van der Waals surface area contributed by atoms with Gasteiger partial charge >= 0.3 is 0 Å². The summed E-state index contributed by atoms with van der Waals surface area (Å²) in [5, 5.41) is 4.90. The second-order valence-corrected chi connectivity index (χ2v) is 16.1. The SMILES string of the molecule is O=C1CCC(N2C(=O)c3cccc(NC(=O)CCCCCOCCOCCOCCOCCOCCOCCOCCOCCOCCOCCOCCN4C(=O)c5ccccc5C4=O)c3C2=O)C(=O)N1. The molecule has 2 aromatic rings. The maximum atomic E-state index is 13.2. The fraction of sp³-hybridized carbons (Fsp3) is 0.612. The van der Waals surface area contributed by atoms with Gasteiger partial charge in [0.25, 0.3) is 23.6 Å². The maximum Gasteiger partial charge on any atom is 0.264 e. The lowest BCUT2D eigenvalue weighted by Crippen LogP contribution is -2.54. The van der Waals surface area contributed by atoms with Crippen LogP contribution in [0.2, 0.25) is 0 Å². The minimum Gasteiger partial charge on any atom is -0.379 e. The lowest BCUT2D eigenvalue weighted by Gasteiger charge is -2.27. The predicted molar refractivity (Wildman–Crippen MR) is 251 cm³/mol. The highest BCUT2D eigenvalue weighted by Crippen LogP contribution is 2.32. The second-order valence-electron chi connectivity index (χ2n) is 16.1. The van der Waals surface area contributed by atoms with Crippen LogP contribution in [0.1, 0.15) is 80.0 Å². The monoisotopic (exact) mass is 1000 g/mol. The Morgan fingerprint density at radius 3 is 1.35 bits per heavy atom. The number of hydrogen-bond acceptors (Lipinski definition) is 18. The van der Waals surface area contributed by atoms with E-state index in [0.717, 1.165) is 17.7 Å². The molecule has 3 heterocycles. The number of benzene rings is 2. The van der Waals surface area contributed by atoms with E-state index in [1.54, 1.807) is 36.4 Å². The minimum absolute atomic E-state index is 0.0224. The Bertz CT molecular complexity index is 1970. The summed E-state index contributed by atoms with van der Waals surface area (Å²) in [6.45, 7) is 9.66. The van der Waals surface area contributed by atoms with E-state index in [0.29, 0.717) is 156 Å². The molecule has 71 heavy (non-hydrogen) atoms. The zero-order valence-corrected chi connectivity index (χ0v) is 40.4. The van der Waals surface area contributed by atoms with E-state index in [1.165, 1.54) is 11.0 Å². The molecule has 22 heteroatoms. The van der Waals surface area contributed by atoms with Gasteiger partial charge in [-0.2, -0.15) is 0 Å². The molecule has 2 N–H and O–H groups in total. The standard InChI is InChI=1S/C49H68N4O18/c54-42(50-40-10-6-9-39-44(40)49(60)53(48(39)59)41-12-13-43(55)51-45(41)56)11-2-1-5-15-61-17-19-63-21-23-65-25-27-67-29-31-69-33-35-71-36-34-70-32-30-68-28-26-66-24-22-64-20-18-62-16-14-52-46(57)37-7-3-4-8-38(37)47(52)58/h3-4,6-10,41H,1-2,5,11-36H2,(H,50,54)(H,51,55,56). The summed E-state index contributed by atoms with van der Waals surface area (Å²) in [6.07, 6.45) is 2.40. The summed E-state index contributed by atoms with van der Waals surface area (Å²) in [7, 11) is 0. The van der Waals surface area contributed by atoms with Gasteiger partial charge in [-0.25, -0.2) is 0 Å². The minimum atomic E-state index is -1.08. The fourth-order valence-corrected chi connectivity index (χ4v) is 7.40. The van der Waals surface area contributed by atoms with Gasteiger partial charge in [0.2, 0.25) is 17.7 Å². The van der Waals surface area contributed by atoms with Crippen LogP contribution in [0.25, 0.3) is 0 Å². The number of nitrogens with zero attached hydrogens (tertiary/aromatic N) is 2. The van der Waals surface area contributed by atoms with Crippen LogP contribution in [0.5, 0.6) is 0 Å². The number of nitrogens with one attached hydrogen (secondary N) is 2. The number of ether oxygens (including phenoxy) is 11. The molecule has 1 unspecified atom stereocenters. The van der Waals surface area contributed by atoms with Gasteiger partial charge in [0.1, 0.15) is 6.04 Å². The van der Waals surface area contributed by atoms with Gasteiger partial charge in [0.15, 0.2) is 0 Å². The van der Waals surface area contributed by atoms with Gasteiger partial charge in [0, 0.05) is 19.4 Å². The highest BCUT2D eigenvalue weighted by Gasteiger charge is 2.45. The van der Waals surface area contributed by atoms with Crippen LogP contribution in [-0.2, 0) is 66.5 Å². The number of anilines is 1. The molecular formula is C49H68N4O18. The first-order valence-corrected chi connectivity index (χ1v) is 24.2. The molecule has 5 rings (SSSR count). The van der Waals surface area contributed by atoms with Crippen molar-refractivity contribution in [2.75, 3.05) is 157 Å². The number of hydrogen-bond donors (Lipinski definition) is 2. The molecule has 1 atom stereocenters. The molecule has 0 bridgehead atoms. The first-order chi connectivity index (χ1) is 34.8. The van der Waals surface area contributed by atoms with E-state index < -0.39 is 29.7 Å². The van der Waals surface area contributed by atoms with Crippen molar-refractivity contribution in [1.82, 2.24) is 15.1 Å². The Morgan fingerprint density at radius 1 is 0.479 bits per heavy atom. The summed E-state index contributed by atoms with van der Waals surface area (Å²) in [5.74, 6) is -3.32. The lowest BCUT2D eigenvalue weighted by molar-refractivity contribution is -0.136. The highest BCUT2D eigenvalue weighted by atomic mass is 16.6. The smallest absolute Gasteiger partial charge is 0.264 e. The van der Waals surface area contributed by atoms with Crippen molar-refractivity contribution in [3.8, 4) is 0 Å². The summed E-state index contributed by atoms with van der Waals surface area (Å²) in [6, 6.07) is 10.3. The second kappa shape index (κ2) is 33.5. The van der Waals surface area contributed by atoms with Crippen LogP contribution >= 0.6 is 0 Å². The molecule has 0 aliphatic carbocycles. The molecule has 392 valence electrons. The van der Waals surface area contributed by atoms with E-state index in [1.807, 2.05) is 0 Å². The number of unbranched alkanes of at least 4 members (excludes halogenated alkanes) is 2. The number of carbonyl (C=O) groups excluding carboxylic acids is 7. The Morgan fingerprint density at radius 2 is 0.901 bits per heavy atom. The van der Waals surface area contributed by atoms with Gasteiger partial charge in [-0.15, -0.1) is 0 Å². The summed E-state index contributed by atoms with van der Waals surface area (Å²) in [5.41, 5.74) is 1.22. The summed E-state index contributed by atoms with van der Waals surface area (Å²) in [4.78, 5) is 89.5. The molecule has 0 saturated carbocycles. The Labute approximate surface area is 413 Å². The molecule has 1 fully saturated rings. The number of rotatable bonds is 41. The van der Waals surface area contributed by atoms with Gasteiger partial charge < -0.3 is 57.4 Å². The average molecular weight is 1000 g/mol. The molecule has 7 amide bonds. The molecule has 0 aromatic heterocycles. The molecule has 0 radical (unpaired) electrons. The van der Waals surface area contributed by atoms with E-state index in [2.05, 4.69) is 10.6 Å². The molecule has 22 nitrogen and oxygen atoms in total. The molecule has 2 aromatic carbocycles. The third-order valence-corrected chi connectivity index (χ3v) is 11.0. The van der Waals surface area contributed by atoms with Crippen LogP contribution in [0.4, 0.5) is 5.69 Å². The molecular weight excluding hydrogens is 933 g/mol. The first kappa shape index (κ1) is 56.8. The number of imide groups is 3. The van der Waals surface area contributed by atoms with E-state index in [-0.39, 0.29) is 66.9 Å². The first-order valence-electron chi connectivity index (χ1n) is 24.2. The summed E-state index contributed by atoms with van der Waals surface area (Å²) >= 11 is 0. The maximum absolute atomic E-state index is 13.2. The van der Waals surface area contributed by atoms with Crippen LogP contribution in [0.3, 0.4) is 0 Å². The zero-order chi connectivity index (χ0) is 50.3. The largest absolute Gasteiger partial charge is 0.379 e. The van der Waals surface area contributed by atoms with E-state index in [4.69, 9.17) is 52.1 Å². The van der Waals surface area contributed by atoms with Crippen LogP contribution in [-0.4, -0.2) is 209 Å². The van der Waals surface area contributed by atoms with E-state index in [9.17, 15) is 33.6 Å². The number of amides is 7. The third kappa shape index (κ3) is 19.8. The normalized spacial score (nSPS) is 15.5. The molecule has 1 saturated heterocycles. The zero-order valence-electron chi connectivity index (χ0n) is 40.4. The van der Waals surface area contributed by atoms with Crippen molar-refractivity contribution < 1.29 is 85.7 Å². The third-order valence-electron chi connectivity index (χ3n) is 11.0. The topological polar surface area (TPSA) is 252 Å². The molecule has 0 spiro atoms. The highest BCUT2D eigenvalue weighted by molar-refractivity contribution is 6.26. The van der Waals surface area contributed by atoms with Crippen molar-refractivity contribution in [1.29, 1.82) is 0 Å². The molecule has 3 aliphatic rings. The average Bonchev–Trinajstić information content (AvgIpc) is 3.76. The van der Waals surface area contributed by atoms with Crippen molar-refractivity contribution in [2.45, 2.75) is 44.6 Å². The predicted octanol–water partition coefficient (Wildman–Crippen LogP) is 2.07.